The van der Waals surface area contributed by atoms with Gasteiger partial charge in [-0.15, -0.1) is 0 Å². The van der Waals surface area contributed by atoms with Crippen LogP contribution in [0.2, 0.25) is 0 Å². The molecule has 0 radical (unpaired) electrons. The molecular formula is C15H21FN2O3. The summed E-state index contributed by atoms with van der Waals surface area (Å²) in [5, 5.41) is 14.1. The van der Waals surface area contributed by atoms with Crippen molar-refractivity contribution >= 4 is 17.7 Å². The summed E-state index contributed by atoms with van der Waals surface area (Å²) < 4.78 is 13.2. The van der Waals surface area contributed by atoms with E-state index in [9.17, 15) is 14.0 Å². The van der Waals surface area contributed by atoms with Crippen LogP contribution < -0.4 is 10.6 Å². The first-order chi connectivity index (χ1) is 9.79. The molecule has 0 heterocycles. The summed E-state index contributed by atoms with van der Waals surface area (Å²) in [6.45, 7) is 6.06. The molecule has 0 aliphatic heterocycles. The van der Waals surface area contributed by atoms with Crippen LogP contribution >= 0.6 is 0 Å². The Labute approximate surface area is 123 Å². The average molecular weight is 296 g/mol. The van der Waals surface area contributed by atoms with E-state index in [1.165, 1.54) is 0 Å². The number of carbonyl (C=O) groups is 2. The van der Waals surface area contributed by atoms with Crippen LogP contribution in [0.5, 0.6) is 0 Å². The van der Waals surface area contributed by atoms with Gasteiger partial charge in [-0.3, -0.25) is 0 Å². The fraction of sp³-hybridized carbons (Fsp3) is 0.467. The highest BCUT2D eigenvalue weighted by Crippen LogP contribution is 2.17. The molecule has 3 N–H and O–H groups in total. The van der Waals surface area contributed by atoms with Crippen molar-refractivity contribution in [3.63, 3.8) is 0 Å². The van der Waals surface area contributed by atoms with Gasteiger partial charge in [0, 0.05) is 6.04 Å². The number of nitrogens with one attached hydrogen (secondary N) is 2. The highest BCUT2D eigenvalue weighted by molar-refractivity contribution is 6.00. The lowest BCUT2D eigenvalue weighted by Gasteiger charge is -2.16. The van der Waals surface area contributed by atoms with Gasteiger partial charge in [-0.05, 0) is 43.9 Å². The maximum absolute atomic E-state index is 13.2. The summed E-state index contributed by atoms with van der Waals surface area (Å²) in [7, 11) is 0. The fourth-order valence-electron chi connectivity index (χ4n) is 1.84. The number of carbonyl (C=O) groups excluding carboxylic acids is 1. The summed E-state index contributed by atoms with van der Waals surface area (Å²) in [5.41, 5.74) is -0.211. The van der Waals surface area contributed by atoms with E-state index in [2.05, 4.69) is 24.5 Å². The Kier molecular flexibility index (Phi) is 6.14. The molecule has 116 valence electrons. The lowest BCUT2D eigenvalue weighted by atomic mass is 10.0. The second-order valence-corrected chi connectivity index (χ2v) is 5.47. The van der Waals surface area contributed by atoms with Crippen molar-refractivity contribution in [1.82, 2.24) is 5.32 Å². The van der Waals surface area contributed by atoms with Crippen molar-refractivity contribution in [2.24, 2.45) is 5.92 Å². The Bertz CT molecular complexity index is 518. The van der Waals surface area contributed by atoms with Crippen molar-refractivity contribution in [3.05, 3.63) is 29.6 Å². The van der Waals surface area contributed by atoms with E-state index in [1.807, 2.05) is 6.92 Å². The number of carboxylic acid groups (broad SMARTS) is 1. The van der Waals surface area contributed by atoms with Gasteiger partial charge < -0.3 is 15.7 Å². The van der Waals surface area contributed by atoms with E-state index in [-0.39, 0.29) is 17.3 Å². The molecule has 1 unspecified atom stereocenters. The monoisotopic (exact) mass is 296 g/mol. The molecule has 0 aliphatic carbocycles. The first-order valence-electron chi connectivity index (χ1n) is 6.90. The van der Waals surface area contributed by atoms with E-state index < -0.39 is 17.8 Å². The van der Waals surface area contributed by atoms with Gasteiger partial charge in [-0.25, -0.2) is 14.0 Å². The molecule has 0 aliphatic rings. The molecular weight excluding hydrogens is 275 g/mol. The molecule has 0 spiro atoms. The van der Waals surface area contributed by atoms with Crippen molar-refractivity contribution in [2.75, 3.05) is 5.32 Å². The fourth-order valence-corrected chi connectivity index (χ4v) is 1.84. The van der Waals surface area contributed by atoms with Gasteiger partial charge >= 0.3 is 12.0 Å². The maximum Gasteiger partial charge on any atom is 0.337 e. The number of carboxylic acids is 1. The highest BCUT2D eigenvalue weighted by Gasteiger charge is 2.14. The lowest BCUT2D eigenvalue weighted by Crippen LogP contribution is -2.36. The zero-order chi connectivity index (χ0) is 16.0. The summed E-state index contributed by atoms with van der Waals surface area (Å²) in [4.78, 5) is 22.8. The molecule has 1 rings (SSSR count). The zero-order valence-corrected chi connectivity index (χ0v) is 12.4. The second-order valence-electron chi connectivity index (χ2n) is 5.47. The van der Waals surface area contributed by atoms with E-state index in [0.717, 1.165) is 31.0 Å². The second kappa shape index (κ2) is 7.61. The molecule has 1 aromatic rings. The van der Waals surface area contributed by atoms with Crippen molar-refractivity contribution in [3.8, 4) is 0 Å². The van der Waals surface area contributed by atoms with Crippen LogP contribution in [0.4, 0.5) is 14.9 Å². The van der Waals surface area contributed by atoms with Crippen LogP contribution in [-0.4, -0.2) is 23.1 Å². The van der Waals surface area contributed by atoms with Gasteiger partial charge in [-0.2, -0.15) is 0 Å². The van der Waals surface area contributed by atoms with Gasteiger partial charge in [0.15, 0.2) is 0 Å². The number of aromatic carboxylic acids is 1. The lowest BCUT2D eigenvalue weighted by molar-refractivity contribution is 0.0698. The molecule has 0 saturated carbocycles. The molecule has 6 heteroatoms. The number of hydrogen-bond donors (Lipinski definition) is 3. The summed E-state index contributed by atoms with van der Waals surface area (Å²) in [6.07, 6.45) is 1.79. The maximum atomic E-state index is 13.2. The largest absolute Gasteiger partial charge is 0.478 e. The van der Waals surface area contributed by atoms with Gasteiger partial charge in [-0.1, -0.05) is 13.8 Å². The van der Waals surface area contributed by atoms with Gasteiger partial charge in [0.05, 0.1) is 11.3 Å². The number of urea groups is 1. The molecule has 5 nitrogen and oxygen atoms in total. The normalized spacial score (nSPS) is 12.0. The number of hydrogen-bond acceptors (Lipinski definition) is 2. The van der Waals surface area contributed by atoms with Crippen molar-refractivity contribution in [2.45, 2.75) is 39.7 Å². The van der Waals surface area contributed by atoms with Crippen LogP contribution in [0.15, 0.2) is 18.2 Å². The topological polar surface area (TPSA) is 78.4 Å². The third kappa shape index (κ3) is 5.81. The van der Waals surface area contributed by atoms with Crippen LogP contribution in [-0.2, 0) is 0 Å². The van der Waals surface area contributed by atoms with Crippen LogP contribution in [0.3, 0.4) is 0 Å². The van der Waals surface area contributed by atoms with Crippen molar-refractivity contribution < 1.29 is 19.1 Å². The highest BCUT2D eigenvalue weighted by atomic mass is 19.1. The molecule has 1 atom stereocenters. The van der Waals surface area contributed by atoms with Crippen LogP contribution in [0.25, 0.3) is 0 Å². The molecule has 21 heavy (non-hydrogen) atoms. The minimum absolute atomic E-state index is 0.0470. The van der Waals surface area contributed by atoms with E-state index in [1.54, 1.807) is 0 Å². The predicted molar refractivity (Wildman–Crippen MR) is 79.0 cm³/mol. The molecule has 0 fully saturated rings. The quantitative estimate of drug-likeness (QED) is 0.752. The Morgan fingerprint density at radius 3 is 2.48 bits per heavy atom. The number of benzene rings is 1. The van der Waals surface area contributed by atoms with Gasteiger partial charge in [0.25, 0.3) is 0 Å². The van der Waals surface area contributed by atoms with E-state index in [0.29, 0.717) is 5.92 Å². The zero-order valence-electron chi connectivity index (χ0n) is 12.4. The minimum Gasteiger partial charge on any atom is -0.478 e. The Balaban J connectivity index is 2.66. The molecule has 0 bridgehead atoms. The van der Waals surface area contributed by atoms with Gasteiger partial charge in [0.1, 0.15) is 5.82 Å². The smallest absolute Gasteiger partial charge is 0.337 e. The molecule has 1 aromatic carbocycles. The van der Waals surface area contributed by atoms with Crippen molar-refractivity contribution in [1.29, 1.82) is 0 Å². The number of anilines is 1. The number of amides is 2. The molecule has 0 aromatic heterocycles. The van der Waals surface area contributed by atoms with Crippen LogP contribution in [0, 0.1) is 11.7 Å². The Morgan fingerprint density at radius 1 is 1.24 bits per heavy atom. The van der Waals surface area contributed by atoms with Gasteiger partial charge in [0.2, 0.25) is 0 Å². The predicted octanol–water partition coefficient (Wildman–Crippen LogP) is 3.47. The first-order valence-corrected chi connectivity index (χ1v) is 6.90. The molecule has 0 saturated heterocycles. The third-order valence-electron chi connectivity index (χ3n) is 3.01. The van der Waals surface area contributed by atoms with E-state index >= 15 is 0 Å². The Morgan fingerprint density at radius 2 is 1.90 bits per heavy atom. The third-order valence-corrected chi connectivity index (χ3v) is 3.01. The Hall–Kier alpha value is -2.11. The summed E-state index contributed by atoms with van der Waals surface area (Å²) in [6, 6.07) is 2.56. The minimum atomic E-state index is -1.22. The number of halogens is 1. The SMILES string of the molecule is CC(C)CCC(C)NC(=O)Nc1cc(F)ccc1C(=O)O. The first kappa shape index (κ1) is 16.9. The average Bonchev–Trinajstić information content (AvgIpc) is 2.35. The summed E-state index contributed by atoms with van der Waals surface area (Å²) >= 11 is 0. The molecule has 2 amide bonds. The standard InChI is InChI=1S/C15H21FN2O3/c1-9(2)4-5-10(3)17-15(21)18-13-8-11(16)6-7-12(13)14(19)20/h6-10H,4-5H2,1-3H3,(H,19,20)(H2,17,18,21). The summed E-state index contributed by atoms with van der Waals surface area (Å²) in [5.74, 6) is -1.29. The van der Waals surface area contributed by atoms with E-state index in [4.69, 9.17) is 5.11 Å². The number of rotatable bonds is 6. The van der Waals surface area contributed by atoms with Crippen LogP contribution in [0.1, 0.15) is 44.0 Å².